The minimum absolute atomic E-state index is 0.0117. The molecule has 0 aliphatic carbocycles. The van der Waals surface area contributed by atoms with E-state index < -0.39 is 0 Å². The van der Waals surface area contributed by atoms with Gasteiger partial charge < -0.3 is 23.7 Å². The maximum Gasteiger partial charge on any atom is 0.217 e. The summed E-state index contributed by atoms with van der Waals surface area (Å²) in [7, 11) is 8.17. The maximum atomic E-state index is 5.60. The average molecular weight is 437 g/mol. The van der Waals surface area contributed by atoms with Crippen LogP contribution in [0.25, 0.3) is 0 Å². The number of nitrogens with one attached hydrogen (secondary N) is 1. The van der Waals surface area contributed by atoms with Crippen LogP contribution in [0.5, 0.6) is 28.9 Å². The van der Waals surface area contributed by atoms with Crippen LogP contribution < -0.4 is 29.0 Å². The van der Waals surface area contributed by atoms with Gasteiger partial charge in [-0.15, -0.1) is 0 Å². The molecule has 7 nitrogen and oxygen atoms in total. The van der Waals surface area contributed by atoms with Crippen LogP contribution in [-0.4, -0.2) is 40.5 Å². The first kappa shape index (κ1) is 21.8. The number of fused-ring (bicyclic) bond motifs is 1. The van der Waals surface area contributed by atoms with Gasteiger partial charge in [0.05, 0.1) is 41.6 Å². The van der Waals surface area contributed by atoms with Crippen molar-refractivity contribution in [3.8, 4) is 28.9 Å². The Hall–Kier alpha value is -3.45. The average Bonchev–Trinajstić information content (AvgIpc) is 2.86. The number of pyridine rings is 1. The molecule has 1 aliphatic rings. The normalized spacial score (nSPS) is 17.3. The van der Waals surface area contributed by atoms with Crippen molar-refractivity contribution in [2.75, 3.05) is 35.5 Å². The first-order valence-electron chi connectivity index (χ1n) is 10.3. The molecular formula is C25H28N2O5. The Morgan fingerprint density at radius 2 is 1.56 bits per heavy atom. The van der Waals surface area contributed by atoms with E-state index in [0.717, 1.165) is 23.3 Å². The molecule has 1 aliphatic heterocycles. The highest BCUT2D eigenvalue weighted by Gasteiger charge is 2.31. The van der Waals surface area contributed by atoms with Crippen molar-refractivity contribution in [2.45, 2.75) is 18.5 Å². The second-order valence-corrected chi connectivity index (χ2v) is 7.48. The van der Waals surface area contributed by atoms with E-state index in [9.17, 15) is 0 Å². The van der Waals surface area contributed by atoms with E-state index in [1.54, 1.807) is 41.7 Å². The van der Waals surface area contributed by atoms with Crippen LogP contribution >= 0.6 is 0 Å². The molecule has 0 saturated carbocycles. The van der Waals surface area contributed by atoms with Crippen LogP contribution in [0.2, 0.25) is 0 Å². The monoisotopic (exact) mass is 436 g/mol. The van der Waals surface area contributed by atoms with E-state index >= 15 is 0 Å². The first-order chi connectivity index (χ1) is 15.6. The molecule has 0 amide bonds. The quantitative estimate of drug-likeness (QED) is 0.598. The van der Waals surface area contributed by atoms with Crippen molar-refractivity contribution in [1.29, 1.82) is 0 Å². The highest BCUT2D eigenvalue weighted by molar-refractivity contribution is 5.57. The molecule has 3 aromatic rings. The summed E-state index contributed by atoms with van der Waals surface area (Å²) in [5, 5.41) is 3.78. The van der Waals surface area contributed by atoms with Crippen molar-refractivity contribution in [2.24, 2.45) is 0 Å². The Bertz CT molecular complexity index is 1080. The van der Waals surface area contributed by atoms with Crippen molar-refractivity contribution in [3.63, 3.8) is 0 Å². The van der Waals surface area contributed by atoms with Crippen LogP contribution in [0.4, 0.5) is 0 Å². The lowest BCUT2D eigenvalue weighted by Gasteiger charge is -2.35. The lowest BCUT2D eigenvalue weighted by Crippen LogP contribution is -2.34. The minimum atomic E-state index is -0.117. The zero-order valence-corrected chi connectivity index (χ0v) is 19.0. The van der Waals surface area contributed by atoms with Gasteiger partial charge in [-0.1, -0.05) is 12.1 Å². The highest BCUT2D eigenvalue weighted by Crippen LogP contribution is 2.44. The fourth-order valence-electron chi connectivity index (χ4n) is 4.32. The summed E-state index contributed by atoms with van der Waals surface area (Å²) in [4.78, 5) is 4.39. The summed E-state index contributed by atoms with van der Waals surface area (Å²) in [5.74, 6) is 3.22. The van der Waals surface area contributed by atoms with E-state index in [1.165, 1.54) is 11.1 Å². The van der Waals surface area contributed by atoms with Crippen LogP contribution in [0, 0.1) is 0 Å². The molecule has 0 radical (unpaired) electrons. The van der Waals surface area contributed by atoms with E-state index in [4.69, 9.17) is 23.7 Å². The van der Waals surface area contributed by atoms with Crippen LogP contribution in [0.1, 0.15) is 34.3 Å². The molecule has 4 rings (SSSR count). The molecule has 0 bridgehead atoms. The summed E-state index contributed by atoms with van der Waals surface area (Å²) in [6.07, 6.45) is 2.51. The number of nitrogens with zero attached hydrogens (tertiary/aromatic N) is 1. The van der Waals surface area contributed by atoms with Crippen LogP contribution in [-0.2, 0) is 6.42 Å². The number of aromatic nitrogens is 1. The van der Waals surface area contributed by atoms with Gasteiger partial charge in [0.15, 0.2) is 11.5 Å². The fraction of sp³-hybridized carbons (Fsp3) is 0.320. The van der Waals surface area contributed by atoms with Gasteiger partial charge in [0.2, 0.25) is 11.6 Å². The van der Waals surface area contributed by atoms with Gasteiger partial charge in [-0.2, -0.15) is 0 Å². The van der Waals surface area contributed by atoms with E-state index in [-0.39, 0.29) is 12.1 Å². The van der Waals surface area contributed by atoms with E-state index in [2.05, 4.69) is 22.4 Å². The van der Waals surface area contributed by atoms with Gasteiger partial charge in [0.25, 0.3) is 0 Å². The summed E-state index contributed by atoms with van der Waals surface area (Å²) >= 11 is 0. The molecule has 0 fully saturated rings. The molecule has 7 heteroatoms. The molecule has 0 saturated heterocycles. The molecule has 0 unspecified atom stereocenters. The molecule has 1 aromatic heterocycles. The number of rotatable bonds is 7. The Balaban J connectivity index is 1.86. The fourth-order valence-corrected chi connectivity index (χ4v) is 4.32. The van der Waals surface area contributed by atoms with Gasteiger partial charge in [-0.3, -0.25) is 5.32 Å². The van der Waals surface area contributed by atoms with E-state index in [1.807, 2.05) is 30.3 Å². The molecular weight excluding hydrogens is 408 g/mol. The maximum absolute atomic E-state index is 5.60. The second-order valence-electron chi connectivity index (χ2n) is 7.48. The summed E-state index contributed by atoms with van der Waals surface area (Å²) in [6, 6.07) is 14.0. The van der Waals surface area contributed by atoms with Gasteiger partial charge in [0, 0.05) is 17.8 Å². The third-order valence-corrected chi connectivity index (χ3v) is 5.84. The minimum Gasteiger partial charge on any atom is -0.497 e. The number of methoxy groups -OCH3 is 5. The Morgan fingerprint density at radius 3 is 2.19 bits per heavy atom. The first-order valence-corrected chi connectivity index (χ1v) is 10.3. The van der Waals surface area contributed by atoms with Crippen molar-refractivity contribution in [1.82, 2.24) is 10.3 Å². The molecule has 2 aromatic carbocycles. The zero-order valence-electron chi connectivity index (χ0n) is 19.0. The largest absolute Gasteiger partial charge is 0.497 e. The highest BCUT2D eigenvalue weighted by atomic mass is 16.5. The van der Waals surface area contributed by atoms with Gasteiger partial charge >= 0.3 is 0 Å². The third kappa shape index (κ3) is 3.91. The summed E-state index contributed by atoms with van der Waals surface area (Å²) < 4.78 is 27.7. The predicted molar refractivity (Wildman–Crippen MR) is 121 cm³/mol. The molecule has 168 valence electrons. The Kier molecular flexibility index (Phi) is 6.37. The molecule has 1 N–H and O–H groups in total. The summed E-state index contributed by atoms with van der Waals surface area (Å²) in [5.41, 5.74) is 4.36. The van der Waals surface area contributed by atoms with E-state index in [0.29, 0.717) is 23.1 Å². The third-order valence-electron chi connectivity index (χ3n) is 5.84. The van der Waals surface area contributed by atoms with Gasteiger partial charge in [0.1, 0.15) is 5.75 Å². The van der Waals surface area contributed by atoms with Crippen molar-refractivity contribution >= 4 is 0 Å². The molecule has 0 spiro atoms. The Labute approximate surface area is 188 Å². The van der Waals surface area contributed by atoms with Crippen molar-refractivity contribution in [3.05, 3.63) is 70.9 Å². The van der Waals surface area contributed by atoms with Crippen LogP contribution in [0.3, 0.4) is 0 Å². The predicted octanol–water partition coefficient (Wildman–Crippen LogP) is 4.10. The molecule has 32 heavy (non-hydrogen) atoms. The lowest BCUT2D eigenvalue weighted by atomic mass is 9.84. The number of hydrogen-bond donors (Lipinski definition) is 1. The topological polar surface area (TPSA) is 71.1 Å². The number of benzene rings is 2. The number of hydrogen-bond acceptors (Lipinski definition) is 7. The van der Waals surface area contributed by atoms with Gasteiger partial charge in [-0.05, 0) is 53.4 Å². The standard InChI is InChI=1S/C25H28N2O5/c1-28-17-8-9-18-15(11-17)12-20(19-7-6-10-26-25(19)32-5)27-23(18)16-13-21(29-2)24(31-4)22(14-16)30-3/h6-11,13-14,20,23,27H,12H2,1-5H3/t20-,23-/m0/s1. The zero-order chi connectivity index (χ0) is 22.7. The Morgan fingerprint density at radius 1 is 0.812 bits per heavy atom. The SMILES string of the molecule is COc1ccc2c(c1)C[C@@H](c1cccnc1OC)N[C@H]2c1cc(OC)c(OC)c(OC)c1. The smallest absolute Gasteiger partial charge is 0.217 e. The molecule has 2 atom stereocenters. The van der Waals surface area contributed by atoms with Crippen LogP contribution in [0.15, 0.2) is 48.7 Å². The molecule has 2 heterocycles. The number of ether oxygens (including phenoxy) is 5. The lowest BCUT2D eigenvalue weighted by molar-refractivity contribution is 0.322. The summed E-state index contributed by atoms with van der Waals surface area (Å²) in [6.45, 7) is 0. The second kappa shape index (κ2) is 9.36. The van der Waals surface area contributed by atoms with Crippen molar-refractivity contribution < 1.29 is 23.7 Å². The van der Waals surface area contributed by atoms with Gasteiger partial charge in [-0.25, -0.2) is 4.98 Å².